The summed E-state index contributed by atoms with van der Waals surface area (Å²) in [7, 11) is 0. The molecule has 2 aromatic rings. The van der Waals surface area contributed by atoms with Crippen molar-refractivity contribution in [3.63, 3.8) is 0 Å². The second kappa shape index (κ2) is 7.41. The second-order valence-corrected chi connectivity index (χ2v) is 8.24. The molecule has 2 heterocycles. The molecule has 0 unspecified atom stereocenters. The predicted octanol–water partition coefficient (Wildman–Crippen LogP) is 4.29. The largest absolute Gasteiger partial charge is 0.342 e. The fourth-order valence-corrected chi connectivity index (χ4v) is 4.47. The summed E-state index contributed by atoms with van der Waals surface area (Å²) >= 11 is 0. The highest BCUT2D eigenvalue weighted by Crippen LogP contribution is 2.38. The van der Waals surface area contributed by atoms with Crippen molar-refractivity contribution in [1.82, 2.24) is 20.1 Å². The summed E-state index contributed by atoms with van der Waals surface area (Å²) in [6.45, 7) is 3.71. The van der Waals surface area contributed by atoms with Crippen molar-refractivity contribution in [3.8, 4) is 11.4 Å². The van der Waals surface area contributed by atoms with E-state index in [0.717, 1.165) is 50.2 Å². The zero-order valence-corrected chi connectivity index (χ0v) is 15.9. The van der Waals surface area contributed by atoms with Gasteiger partial charge in [0.15, 0.2) is 5.82 Å². The van der Waals surface area contributed by atoms with Gasteiger partial charge in [-0.25, -0.2) is 9.37 Å². The molecule has 0 bridgehead atoms. The van der Waals surface area contributed by atoms with Gasteiger partial charge in [0, 0.05) is 30.0 Å². The number of H-pyrrole nitrogens is 1. The molecule has 27 heavy (non-hydrogen) atoms. The molecule has 1 aromatic carbocycles. The van der Waals surface area contributed by atoms with Crippen LogP contribution in [0.25, 0.3) is 11.4 Å². The van der Waals surface area contributed by atoms with Gasteiger partial charge in [0.25, 0.3) is 0 Å². The van der Waals surface area contributed by atoms with Gasteiger partial charge in [-0.3, -0.25) is 9.89 Å². The standard InChI is InChI=1S/C21H27FN4O/c1-21(11-3-2-4-12-21)20(27)26-13-9-16(10-14-26)19-23-18(24-25-19)15-5-7-17(22)8-6-15/h5-8,16H,2-4,9-14H2,1H3,(H,23,24,25). The highest BCUT2D eigenvalue weighted by Gasteiger charge is 2.39. The van der Waals surface area contributed by atoms with Crippen molar-refractivity contribution in [3.05, 3.63) is 35.9 Å². The van der Waals surface area contributed by atoms with Crippen molar-refractivity contribution < 1.29 is 9.18 Å². The molecule has 2 fully saturated rings. The minimum absolute atomic E-state index is 0.160. The Labute approximate surface area is 159 Å². The number of halogens is 1. The molecule has 2 aliphatic rings. The summed E-state index contributed by atoms with van der Waals surface area (Å²) < 4.78 is 13.1. The van der Waals surface area contributed by atoms with E-state index in [-0.39, 0.29) is 17.2 Å². The van der Waals surface area contributed by atoms with Gasteiger partial charge in [0.1, 0.15) is 11.6 Å². The van der Waals surface area contributed by atoms with Crippen LogP contribution < -0.4 is 0 Å². The highest BCUT2D eigenvalue weighted by molar-refractivity contribution is 5.82. The van der Waals surface area contributed by atoms with Gasteiger partial charge in [-0.1, -0.05) is 26.2 Å². The molecule has 1 saturated heterocycles. The number of nitrogens with one attached hydrogen (secondary N) is 1. The highest BCUT2D eigenvalue weighted by atomic mass is 19.1. The third kappa shape index (κ3) is 3.75. The number of nitrogens with zero attached hydrogens (tertiary/aromatic N) is 3. The quantitative estimate of drug-likeness (QED) is 0.877. The maximum absolute atomic E-state index is 13.1. The fourth-order valence-electron chi connectivity index (χ4n) is 4.47. The molecule has 0 radical (unpaired) electrons. The number of amides is 1. The third-order valence-electron chi connectivity index (χ3n) is 6.25. The molecule has 1 amide bonds. The summed E-state index contributed by atoms with van der Waals surface area (Å²) in [5.74, 6) is 1.82. The molecule has 1 aliphatic carbocycles. The van der Waals surface area contributed by atoms with Crippen LogP contribution in [0.3, 0.4) is 0 Å². The number of hydrogen-bond acceptors (Lipinski definition) is 3. The molecule has 6 heteroatoms. The SMILES string of the molecule is CC1(C(=O)N2CCC(c3nc(-c4ccc(F)cc4)n[nH]3)CC2)CCCCC1. The van der Waals surface area contributed by atoms with Crippen molar-refractivity contribution in [1.29, 1.82) is 0 Å². The Bertz CT molecular complexity index is 787. The van der Waals surface area contributed by atoms with E-state index >= 15 is 0 Å². The van der Waals surface area contributed by atoms with E-state index in [2.05, 4.69) is 27.0 Å². The topological polar surface area (TPSA) is 61.9 Å². The first-order valence-electron chi connectivity index (χ1n) is 10.0. The van der Waals surface area contributed by atoms with E-state index in [4.69, 9.17) is 0 Å². The van der Waals surface area contributed by atoms with Gasteiger partial charge in [-0.15, -0.1) is 0 Å². The number of benzene rings is 1. The summed E-state index contributed by atoms with van der Waals surface area (Å²) in [5, 5.41) is 7.34. The van der Waals surface area contributed by atoms with Gasteiger partial charge in [-0.05, 0) is 49.9 Å². The molecule has 1 aromatic heterocycles. The second-order valence-electron chi connectivity index (χ2n) is 8.24. The van der Waals surface area contributed by atoms with Gasteiger partial charge >= 0.3 is 0 Å². The predicted molar refractivity (Wildman–Crippen MR) is 102 cm³/mol. The first-order chi connectivity index (χ1) is 13.0. The first-order valence-corrected chi connectivity index (χ1v) is 10.0. The maximum Gasteiger partial charge on any atom is 0.228 e. The Morgan fingerprint density at radius 3 is 2.48 bits per heavy atom. The number of carbonyl (C=O) groups is 1. The molecule has 1 saturated carbocycles. The lowest BCUT2D eigenvalue weighted by molar-refractivity contribution is -0.144. The Kier molecular flexibility index (Phi) is 4.98. The van der Waals surface area contributed by atoms with E-state index in [1.54, 1.807) is 12.1 Å². The van der Waals surface area contributed by atoms with Crippen molar-refractivity contribution in [2.24, 2.45) is 5.41 Å². The Hall–Kier alpha value is -2.24. The molecular weight excluding hydrogens is 343 g/mol. The van der Waals surface area contributed by atoms with Crippen molar-refractivity contribution in [2.45, 2.75) is 57.8 Å². The number of likely N-dealkylation sites (tertiary alicyclic amines) is 1. The molecule has 0 atom stereocenters. The zero-order valence-electron chi connectivity index (χ0n) is 15.9. The molecule has 1 aliphatic heterocycles. The summed E-state index contributed by atoms with van der Waals surface area (Å²) in [5.41, 5.74) is 0.643. The zero-order chi connectivity index (χ0) is 18.9. The third-order valence-corrected chi connectivity index (χ3v) is 6.25. The summed E-state index contributed by atoms with van der Waals surface area (Å²) in [6, 6.07) is 6.21. The van der Waals surface area contributed by atoms with Gasteiger partial charge in [-0.2, -0.15) is 5.10 Å². The van der Waals surface area contributed by atoms with Gasteiger partial charge < -0.3 is 4.90 Å². The molecule has 0 spiro atoms. The van der Waals surface area contributed by atoms with Crippen molar-refractivity contribution >= 4 is 5.91 Å². The smallest absolute Gasteiger partial charge is 0.228 e. The monoisotopic (exact) mass is 370 g/mol. The average Bonchev–Trinajstić information content (AvgIpc) is 3.19. The summed E-state index contributed by atoms with van der Waals surface area (Å²) in [4.78, 5) is 19.7. The van der Waals surface area contributed by atoms with Crippen LogP contribution in [-0.4, -0.2) is 39.1 Å². The van der Waals surface area contributed by atoms with Crippen LogP contribution in [0.2, 0.25) is 0 Å². The number of carbonyl (C=O) groups excluding carboxylic acids is 1. The van der Waals surface area contributed by atoms with Crippen LogP contribution in [0, 0.1) is 11.2 Å². The van der Waals surface area contributed by atoms with E-state index in [1.807, 2.05) is 0 Å². The Balaban J connectivity index is 1.38. The molecule has 5 nitrogen and oxygen atoms in total. The van der Waals surface area contributed by atoms with E-state index in [9.17, 15) is 9.18 Å². The van der Waals surface area contributed by atoms with Crippen LogP contribution in [-0.2, 0) is 4.79 Å². The normalized spacial score (nSPS) is 20.6. The number of rotatable bonds is 3. The number of piperidine rings is 1. The fraction of sp³-hybridized carbons (Fsp3) is 0.571. The van der Waals surface area contributed by atoms with E-state index < -0.39 is 0 Å². The van der Waals surface area contributed by atoms with Crippen LogP contribution in [0.15, 0.2) is 24.3 Å². The molecule has 4 rings (SSSR count). The lowest BCUT2D eigenvalue weighted by atomic mass is 9.74. The number of hydrogen-bond donors (Lipinski definition) is 1. The van der Waals surface area contributed by atoms with Crippen LogP contribution in [0.1, 0.15) is 63.6 Å². The minimum atomic E-state index is -0.266. The van der Waals surface area contributed by atoms with Gasteiger partial charge in [0.05, 0.1) is 0 Å². The Morgan fingerprint density at radius 2 is 1.81 bits per heavy atom. The van der Waals surface area contributed by atoms with Crippen LogP contribution >= 0.6 is 0 Å². The van der Waals surface area contributed by atoms with E-state index in [1.165, 1.54) is 31.4 Å². The van der Waals surface area contributed by atoms with Crippen LogP contribution in [0.4, 0.5) is 4.39 Å². The average molecular weight is 370 g/mol. The molecule has 1 N–H and O–H groups in total. The van der Waals surface area contributed by atoms with Gasteiger partial charge in [0.2, 0.25) is 5.91 Å². The number of aromatic nitrogens is 3. The minimum Gasteiger partial charge on any atom is -0.342 e. The summed E-state index contributed by atoms with van der Waals surface area (Å²) in [6.07, 6.45) is 7.45. The van der Waals surface area contributed by atoms with Crippen molar-refractivity contribution in [2.75, 3.05) is 13.1 Å². The first kappa shape index (κ1) is 18.1. The number of aromatic amines is 1. The molecular formula is C21H27FN4O. The Morgan fingerprint density at radius 1 is 1.15 bits per heavy atom. The lowest BCUT2D eigenvalue weighted by Crippen LogP contribution is -2.46. The maximum atomic E-state index is 13.1. The van der Waals surface area contributed by atoms with E-state index in [0.29, 0.717) is 11.7 Å². The van der Waals surface area contributed by atoms with Crippen LogP contribution in [0.5, 0.6) is 0 Å². The lowest BCUT2D eigenvalue weighted by Gasteiger charge is -2.40. The molecule has 144 valence electrons.